The molecule has 2 aromatic carbocycles. The van der Waals surface area contributed by atoms with Gasteiger partial charge in [-0.2, -0.15) is 0 Å². The van der Waals surface area contributed by atoms with E-state index in [1.54, 1.807) is 7.11 Å². The first-order chi connectivity index (χ1) is 14.5. The zero-order valence-corrected chi connectivity index (χ0v) is 18.3. The molecule has 1 heterocycles. The van der Waals surface area contributed by atoms with E-state index in [-0.39, 0.29) is 11.2 Å². The Morgan fingerprint density at radius 3 is 2.70 bits per heavy atom. The molecular formula is C23H26N4O2S. The number of aryl methyl sites for hydroxylation is 1. The van der Waals surface area contributed by atoms with E-state index in [1.807, 2.05) is 50.2 Å². The third-order valence-electron chi connectivity index (χ3n) is 5.14. The van der Waals surface area contributed by atoms with Gasteiger partial charge in [0.15, 0.2) is 5.16 Å². The zero-order valence-electron chi connectivity index (χ0n) is 17.5. The molecule has 1 N–H and O–H groups in total. The summed E-state index contributed by atoms with van der Waals surface area (Å²) in [4.78, 5) is 12.9. The van der Waals surface area contributed by atoms with E-state index < -0.39 is 0 Å². The van der Waals surface area contributed by atoms with Crippen molar-refractivity contribution in [1.82, 2.24) is 14.8 Å². The molecule has 3 aromatic rings. The minimum Gasteiger partial charge on any atom is -0.495 e. The Labute approximate surface area is 181 Å². The lowest BCUT2D eigenvalue weighted by atomic mass is 10.2. The van der Waals surface area contributed by atoms with Crippen molar-refractivity contribution in [3.8, 4) is 5.75 Å². The predicted molar refractivity (Wildman–Crippen MR) is 119 cm³/mol. The maximum Gasteiger partial charge on any atom is 0.237 e. The number of anilines is 1. The molecule has 156 valence electrons. The third kappa shape index (κ3) is 4.67. The largest absolute Gasteiger partial charge is 0.495 e. The van der Waals surface area contributed by atoms with Crippen LogP contribution in [0.15, 0.2) is 53.7 Å². The summed E-state index contributed by atoms with van der Waals surface area (Å²) in [5, 5.41) is 12.3. The highest BCUT2D eigenvalue weighted by molar-refractivity contribution is 8.00. The molecule has 1 fully saturated rings. The topological polar surface area (TPSA) is 69.0 Å². The van der Waals surface area contributed by atoms with E-state index in [0.29, 0.717) is 23.9 Å². The number of hydrogen-bond donors (Lipinski definition) is 1. The smallest absolute Gasteiger partial charge is 0.237 e. The molecular weight excluding hydrogens is 396 g/mol. The van der Waals surface area contributed by atoms with Crippen molar-refractivity contribution >= 4 is 23.4 Å². The third-order valence-corrected chi connectivity index (χ3v) is 6.22. The molecule has 7 heteroatoms. The van der Waals surface area contributed by atoms with Gasteiger partial charge in [-0.25, -0.2) is 0 Å². The molecule has 0 bridgehead atoms. The Morgan fingerprint density at radius 1 is 1.23 bits per heavy atom. The maximum atomic E-state index is 12.9. The molecule has 30 heavy (non-hydrogen) atoms. The van der Waals surface area contributed by atoms with Crippen molar-refractivity contribution < 1.29 is 9.53 Å². The van der Waals surface area contributed by atoms with E-state index >= 15 is 0 Å². The molecule has 1 aliphatic rings. The van der Waals surface area contributed by atoms with E-state index in [9.17, 15) is 4.79 Å². The average molecular weight is 423 g/mol. The fourth-order valence-electron chi connectivity index (χ4n) is 3.31. The number of nitrogens with one attached hydrogen (secondary N) is 1. The summed E-state index contributed by atoms with van der Waals surface area (Å²) in [6, 6.07) is 16.0. The predicted octanol–water partition coefficient (Wildman–Crippen LogP) is 4.64. The van der Waals surface area contributed by atoms with E-state index in [1.165, 1.54) is 17.3 Å². The van der Waals surface area contributed by atoms with Crippen molar-refractivity contribution in [1.29, 1.82) is 0 Å². The van der Waals surface area contributed by atoms with Gasteiger partial charge in [-0.05, 0) is 49.9 Å². The molecule has 0 aliphatic heterocycles. The van der Waals surface area contributed by atoms with Gasteiger partial charge < -0.3 is 14.6 Å². The summed E-state index contributed by atoms with van der Waals surface area (Å²) < 4.78 is 7.53. The number of amides is 1. The van der Waals surface area contributed by atoms with Crippen molar-refractivity contribution in [2.24, 2.45) is 0 Å². The van der Waals surface area contributed by atoms with Crippen LogP contribution < -0.4 is 10.1 Å². The Hall–Kier alpha value is -2.80. The molecule has 1 amide bonds. The SMILES string of the molecule is COc1ccc(C)cc1NC(=O)C(C)Sc1nnc(C2CC2)n1Cc1ccccc1. The monoisotopic (exact) mass is 422 g/mol. The lowest BCUT2D eigenvalue weighted by molar-refractivity contribution is -0.115. The Morgan fingerprint density at radius 2 is 2.00 bits per heavy atom. The van der Waals surface area contributed by atoms with Gasteiger partial charge in [-0.3, -0.25) is 4.79 Å². The van der Waals surface area contributed by atoms with Gasteiger partial charge in [0.25, 0.3) is 0 Å². The van der Waals surface area contributed by atoms with Crippen molar-refractivity contribution in [3.05, 3.63) is 65.5 Å². The van der Waals surface area contributed by atoms with Gasteiger partial charge in [0.2, 0.25) is 5.91 Å². The number of thioether (sulfide) groups is 1. The molecule has 1 unspecified atom stereocenters. The quantitative estimate of drug-likeness (QED) is 0.536. The van der Waals surface area contributed by atoms with Gasteiger partial charge in [0.05, 0.1) is 24.6 Å². The molecule has 1 aromatic heterocycles. The van der Waals surface area contributed by atoms with E-state index in [2.05, 4.69) is 32.2 Å². The first-order valence-electron chi connectivity index (χ1n) is 10.1. The highest BCUT2D eigenvalue weighted by atomic mass is 32.2. The van der Waals surface area contributed by atoms with Crippen molar-refractivity contribution in [2.75, 3.05) is 12.4 Å². The number of methoxy groups -OCH3 is 1. The molecule has 0 spiro atoms. The molecule has 4 rings (SSSR count). The number of nitrogens with zero attached hydrogens (tertiary/aromatic N) is 3. The second kappa shape index (κ2) is 8.92. The first kappa shape index (κ1) is 20.5. The van der Waals surface area contributed by atoms with Crippen LogP contribution in [0.1, 0.15) is 42.6 Å². The van der Waals surface area contributed by atoms with Crippen LogP contribution in [0.25, 0.3) is 0 Å². The average Bonchev–Trinajstić information content (AvgIpc) is 3.52. The lowest BCUT2D eigenvalue weighted by Crippen LogP contribution is -2.23. The number of carbonyl (C=O) groups excluding carboxylic acids is 1. The zero-order chi connectivity index (χ0) is 21.1. The van der Waals surface area contributed by atoms with Crippen LogP contribution in [-0.2, 0) is 11.3 Å². The number of benzene rings is 2. The minimum atomic E-state index is -0.332. The number of ether oxygens (including phenoxy) is 1. The Kier molecular flexibility index (Phi) is 6.08. The summed E-state index contributed by atoms with van der Waals surface area (Å²) in [7, 11) is 1.60. The van der Waals surface area contributed by atoms with Gasteiger partial charge >= 0.3 is 0 Å². The summed E-state index contributed by atoms with van der Waals surface area (Å²) >= 11 is 1.44. The number of aromatic nitrogens is 3. The molecule has 6 nitrogen and oxygen atoms in total. The van der Waals surface area contributed by atoms with Crippen LogP contribution >= 0.6 is 11.8 Å². The second-order valence-corrected chi connectivity index (χ2v) is 8.95. The fourth-order valence-corrected chi connectivity index (χ4v) is 4.17. The van der Waals surface area contributed by atoms with Crippen LogP contribution in [-0.4, -0.2) is 33.0 Å². The molecule has 1 atom stereocenters. The van der Waals surface area contributed by atoms with Gasteiger partial charge in [0.1, 0.15) is 11.6 Å². The van der Waals surface area contributed by atoms with Crippen LogP contribution in [0.4, 0.5) is 5.69 Å². The maximum absolute atomic E-state index is 12.9. The van der Waals surface area contributed by atoms with Crippen LogP contribution in [0, 0.1) is 6.92 Å². The van der Waals surface area contributed by atoms with Gasteiger partial charge in [-0.1, -0.05) is 48.2 Å². The molecule has 0 radical (unpaired) electrons. The molecule has 1 aliphatic carbocycles. The highest BCUT2D eigenvalue weighted by Crippen LogP contribution is 2.40. The number of carbonyl (C=O) groups is 1. The van der Waals surface area contributed by atoms with Crippen LogP contribution in [0.2, 0.25) is 0 Å². The van der Waals surface area contributed by atoms with E-state index in [0.717, 1.165) is 29.4 Å². The number of hydrogen-bond acceptors (Lipinski definition) is 5. The second-order valence-electron chi connectivity index (χ2n) is 7.64. The normalized spacial score (nSPS) is 14.4. The molecule has 1 saturated carbocycles. The standard InChI is InChI=1S/C23H26N4O2S/c1-15-9-12-20(29-3)19(13-15)24-22(28)16(2)30-23-26-25-21(18-10-11-18)27(23)14-17-7-5-4-6-8-17/h4-9,12-13,16,18H,10-11,14H2,1-3H3,(H,24,28). The highest BCUT2D eigenvalue weighted by Gasteiger charge is 2.31. The number of rotatable bonds is 8. The van der Waals surface area contributed by atoms with Gasteiger partial charge in [-0.15, -0.1) is 10.2 Å². The Bertz CT molecular complexity index is 1030. The van der Waals surface area contributed by atoms with Gasteiger partial charge in [0, 0.05) is 5.92 Å². The summed E-state index contributed by atoms with van der Waals surface area (Å²) in [6.45, 7) is 4.58. The van der Waals surface area contributed by atoms with Crippen LogP contribution in [0.5, 0.6) is 5.75 Å². The minimum absolute atomic E-state index is 0.0915. The lowest BCUT2D eigenvalue weighted by Gasteiger charge is -2.15. The van der Waals surface area contributed by atoms with Crippen LogP contribution in [0.3, 0.4) is 0 Å². The van der Waals surface area contributed by atoms with Crippen molar-refractivity contribution in [2.45, 2.75) is 49.6 Å². The van der Waals surface area contributed by atoms with Crippen molar-refractivity contribution in [3.63, 3.8) is 0 Å². The summed E-state index contributed by atoms with van der Waals surface area (Å²) in [6.07, 6.45) is 2.31. The first-order valence-corrected chi connectivity index (χ1v) is 11.0. The molecule has 0 saturated heterocycles. The summed E-state index contributed by atoms with van der Waals surface area (Å²) in [5.41, 5.74) is 2.94. The Balaban J connectivity index is 1.51. The van der Waals surface area contributed by atoms with E-state index in [4.69, 9.17) is 4.74 Å². The fraction of sp³-hybridized carbons (Fsp3) is 0.348. The summed E-state index contributed by atoms with van der Waals surface area (Å²) in [5.74, 6) is 2.06.